The number of carbonyl (C=O) groups is 1. The zero-order chi connectivity index (χ0) is 13.1. The van der Waals surface area contributed by atoms with Gasteiger partial charge in [0, 0.05) is 18.8 Å². The van der Waals surface area contributed by atoms with E-state index in [1.807, 2.05) is 0 Å². The predicted molar refractivity (Wildman–Crippen MR) is 63.1 cm³/mol. The van der Waals surface area contributed by atoms with E-state index < -0.39 is 5.97 Å². The van der Waals surface area contributed by atoms with E-state index in [4.69, 9.17) is 15.6 Å². The third kappa shape index (κ3) is 2.57. The van der Waals surface area contributed by atoms with Crippen LogP contribution in [0.5, 0.6) is 5.75 Å². The van der Waals surface area contributed by atoms with Crippen LogP contribution in [-0.2, 0) is 13.7 Å². The van der Waals surface area contributed by atoms with Crippen molar-refractivity contribution in [2.75, 3.05) is 5.73 Å². The normalized spacial score (nSPS) is 10.3. The van der Waals surface area contributed by atoms with Gasteiger partial charge in [0.15, 0.2) is 0 Å². The van der Waals surface area contributed by atoms with Crippen LogP contribution in [0.2, 0.25) is 0 Å². The number of hydrogen-bond donors (Lipinski definition) is 2. The van der Waals surface area contributed by atoms with Crippen LogP contribution in [0.3, 0.4) is 0 Å². The van der Waals surface area contributed by atoms with E-state index in [1.54, 1.807) is 13.2 Å². The van der Waals surface area contributed by atoms with Gasteiger partial charge < -0.3 is 15.6 Å². The van der Waals surface area contributed by atoms with E-state index in [1.165, 1.54) is 22.9 Å². The fraction of sp³-hybridized carbons (Fsp3) is 0.182. The predicted octanol–water partition coefficient (Wildman–Crippen LogP) is 0.674. The molecular weight excluding hydrogens is 236 g/mol. The molecule has 3 N–H and O–H groups in total. The Bertz CT molecular complexity index is 579. The Hall–Kier alpha value is -2.57. The molecule has 0 aliphatic rings. The van der Waals surface area contributed by atoms with Crippen LogP contribution < -0.4 is 10.5 Å². The van der Waals surface area contributed by atoms with E-state index in [9.17, 15) is 4.79 Å². The molecule has 0 spiro atoms. The van der Waals surface area contributed by atoms with Crippen LogP contribution in [0.1, 0.15) is 16.1 Å². The first-order valence-electron chi connectivity index (χ1n) is 5.17. The molecule has 94 valence electrons. The van der Waals surface area contributed by atoms with Crippen molar-refractivity contribution >= 4 is 11.7 Å². The molecule has 7 nitrogen and oxygen atoms in total. The lowest BCUT2D eigenvalue weighted by molar-refractivity contribution is 0.0691. The highest BCUT2D eigenvalue weighted by Crippen LogP contribution is 2.22. The minimum atomic E-state index is -1.07. The van der Waals surface area contributed by atoms with Crippen LogP contribution in [0.15, 0.2) is 24.4 Å². The lowest BCUT2D eigenvalue weighted by Gasteiger charge is -2.08. The molecule has 1 aromatic carbocycles. The van der Waals surface area contributed by atoms with Gasteiger partial charge in [-0.2, -0.15) is 0 Å². The number of aromatic nitrogens is 3. The number of carboxylic acids is 1. The van der Waals surface area contributed by atoms with Gasteiger partial charge in [-0.1, -0.05) is 5.21 Å². The quantitative estimate of drug-likeness (QED) is 0.771. The number of aryl methyl sites for hydroxylation is 1. The maximum atomic E-state index is 11.0. The summed E-state index contributed by atoms with van der Waals surface area (Å²) in [4.78, 5) is 11.0. The minimum Gasteiger partial charge on any atom is -0.486 e. The summed E-state index contributed by atoms with van der Waals surface area (Å²) in [5, 5.41) is 16.6. The number of benzene rings is 1. The molecule has 1 heterocycles. The molecule has 0 amide bonds. The molecule has 0 saturated carbocycles. The van der Waals surface area contributed by atoms with Crippen molar-refractivity contribution in [3.63, 3.8) is 0 Å². The highest BCUT2D eigenvalue weighted by molar-refractivity contribution is 5.91. The van der Waals surface area contributed by atoms with Crippen molar-refractivity contribution in [2.45, 2.75) is 6.61 Å². The van der Waals surface area contributed by atoms with Crippen LogP contribution in [-0.4, -0.2) is 26.1 Å². The van der Waals surface area contributed by atoms with Gasteiger partial charge in [-0.05, 0) is 12.1 Å². The van der Waals surface area contributed by atoms with E-state index >= 15 is 0 Å². The summed E-state index contributed by atoms with van der Waals surface area (Å²) in [6.07, 6.45) is 1.69. The highest BCUT2D eigenvalue weighted by Gasteiger charge is 2.12. The maximum absolute atomic E-state index is 11.0. The van der Waals surface area contributed by atoms with Gasteiger partial charge in [0.1, 0.15) is 23.6 Å². The number of anilines is 1. The minimum absolute atomic E-state index is 0.0630. The number of rotatable bonds is 4. The van der Waals surface area contributed by atoms with Crippen LogP contribution in [0.25, 0.3) is 0 Å². The van der Waals surface area contributed by atoms with E-state index in [2.05, 4.69) is 10.3 Å². The maximum Gasteiger partial charge on any atom is 0.339 e. The van der Waals surface area contributed by atoms with Crippen LogP contribution in [0, 0.1) is 0 Å². The van der Waals surface area contributed by atoms with E-state index in [0.29, 0.717) is 11.4 Å². The Morgan fingerprint density at radius 1 is 1.56 bits per heavy atom. The fourth-order valence-electron chi connectivity index (χ4n) is 1.45. The van der Waals surface area contributed by atoms with Gasteiger partial charge in [-0.15, -0.1) is 5.10 Å². The third-order valence-electron chi connectivity index (χ3n) is 2.26. The molecule has 0 saturated heterocycles. The number of ether oxygens (including phenoxy) is 1. The molecule has 0 fully saturated rings. The van der Waals surface area contributed by atoms with Crippen molar-refractivity contribution in [3.05, 3.63) is 35.7 Å². The summed E-state index contributed by atoms with van der Waals surface area (Å²) in [6.45, 7) is 0.136. The lowest BCUT2D eigenvalue weighted by Crippen LogP contribution is -2.04. The first kappa shape index (κ1) is 11.9. The molecule has 0 aliphatic heterocycles. The Morgan fingerprint density at radius 3 is 2.94 bits per heavy atom. The van der Waals surface area contributed by atoms with Gasteiger partial charge in [0.25, 0.3) is 0 Å². The van der Waals surface area contributed by atoms with Crippen LogP contribution in [0.4, 0.5) is 5.69 Å². The zero-order valence-corrected chi connectivity index (χ0v) is 9.70. The molecule has 1 aromatic heterocycles. The number of nitrogens with zero attached hydrogens (tertiary/aromatic N) is 3. The second-order valence-electron chi connectivity index (χ2n) is 3.73. The van der Waals surface area contributed by atoms with E-state index in [0.717, 1.165) is 0 Å². The smallest absolute Gasteiger partial charge is 0.339 e. The molecule has 18 heavy (non-hydrogen) atoms. The number of aromatic carboxylic acids is 1. The average Bonchev–Trinajstić information content (AvgIpc) is 2.72. The standard InChI is InChI=1S/C11H12N4O3/c1-15-5-8(13-14-15)6-18-10-4-7(12)2-3-9(10)11(16)17/h2-5H,6,12H2,1H3,(H,16,17). The number of hydrogen-bond acceptors (Lipinski definition) is 5. The number of nitrogens with two attached hydrogens (primary N) is 1. The summed E-state index contributed by atoms with van der Waals surface area (Å²) in [5.74, 6) is -0.850. The summed E-state index contributed by atoms with van der Waals surface area (Å²) in [5.41, 5.74) is 6.71. The number of carboxylic acid groups (broad SMARTS) is 1. The first-order valence-corrected chi connectivity index (χ1v) is 5.17. The second-order valence-corrected chi connectivity index (χ2v) is 3.73. The largest absolute Gasteiger partial charge is 0.486 e. The number of nitrogen functional groups attached to an aromatic ring is 1. The summed E-state index contributed by atoms with van der Waals surface area (Å²) in [7, 11) is 1.74. The second kappa shape index (κ2) is 4.74. The van der Waals surface area contributed by atoms with E-state index in [-0.39, 0.29) is 17.9 Å². The van der Waals surface area contributed by atoms with Crippen molar-refractivity contribution in [1.29, 1.82) is 0 Å². The molecule has 0 bridgehead atoms. The zero-order valence-electron chi connectivity index (χ0n) is 9.70. The van der Waals surface area contributed by atoms with Crippen molar-refractivity contribution in [2.24, 2.45) is 7.05 Å². The van der Waals surface area contributed by atoms with Crippen molar-refractivity contribution in [1.82, 2.24) is 15.0 Å². The summed E-state index contributed by atoms with van der Waals surface area (Å²) >= 11 is 0. The van der Waals surface area contributed by atoms with Crippen molar-refractivity contribution in [3.8, 4) is 5.75 Å². The van der Waals surface area contributed by atoms with Gasteiger partial charge in [-0.3, -0.25) is 4.68 Å². The Kier molecular flexibility index (Phi) is 3.13. The average molecular weight is 248 g/mol. The Balaban J connectivity index is 2.17. The molecule has 7 heteroatoms. The van der Waals surface area contributed by atoms with Gasteiger partial charge in [0.05, 0.1) is 6.20 Å². The molecule has 0 radical (unpaired) electrons. The third-order valence-corrected chi connectivity index (χ3v) is 2.26. The van der Waals surface area contributed by atoms with Crippen LogP contribution >= 0.6 is 0 Å². The Morgan fingerprint density at radius 2 is 2.33 bits per heavy atom. The van der Waals surface area contributed by atoms with Gasteiger partial charge >= 0.3 is 5.97 Å². The summed E-state index contributed by atoms with van der Waals surface area (Å²) < 4.78 is 6.94. The fourth-order valence-corrected chi connectivity index (χ4v) is 1.45. The molecular formula is C11H12N4O3. The highest BCUT2D eigenvalue weighted by atomic mass is 16.5. The molecule has 2 rings (SSSR count). The first-order chi connectivity index (χ1) is 8.56. The lowest BCUT2D eigenvalue weighted by atomic mass is 10.2. The Labute approximate surface area is 103 Å². The summed E-state index contributed by atoms with van der Waals surface area (Å²) in [6, 6.07) is 4.39. The molecule has 2 aromatic rings. The molecule has 0 atom stereocenters. The monoisotopic (exact) mass is 248 g/mol. The molecule has 0 unspecified atom stereocenters. The molecule has 0 aliphatic carbocycles. The van der Waals surface area contributed by atoms with Crippen molar-refractivity contribution < 1.29 is 14.6 Å². The topological polar surface area (TPSA) is 103 Å². The van der Waals surface area contributed by atoms with Gasteiger partial charge in [-0.25, -0.2) is 4.79 Å². The SMILES string of the molecule is Cn1cc(COc2cc(N)ccc2C(=O)O)nn1. The van der Waals surface area contributed by atoms with Gasteiger partial charge in [0.2, 0.25) is 0 Å².